The van der Waals surface area contributed by atoms with E-state index in [1.54, 1.807) is 47.2 Å². The number of aromatic nitrogens is 5. The lowest BCUT2D eigenvalue weighted by Gasteiger charge is -2.35. The van der Waals surface area contributed by atoms with E-state index in [-0.39, 0.29) is 23.7 Å². The molecule has 0 bridgehead atoms. The fraction of sp³-hybridized carbons (Fsp3) is 0.269. The van der Waals surface area contributed by atoms with Crippen LogP contribution in [0.4, 0.5) is 4.39 Å². The first-order chi connectivity index (χ1) is 16.7. The van der Waals surface area contributed by atoms with E-state index in [0.29, 0.717) is 47.5 Å². The number of carbonyl (C=O) groups is 1. The van der Waals surface area contributed by atoms with Gasteiger partial charge in [0, 0.05) is 24.4 Å². The summed E-state index contributed by atoms with van der Waals surface area (Å²) in [6.45, 7) is 0. The first-order valence-electron chi connectivity index (χ1n) is 11.6. The summed E-state index contributed by atoms with van der Waals surface area (Å²) in [4.78, 5) is 21.2. The van der Waals surface area contributed by atoms with Crippen molar-refractivity contribution in [3.8, 4) is 17.2 Å². The van der Waals surface area contributed by atoms with Crippen molar-refractivity contribution in [2.45, 2.75) is 43.6 Å². The smallest absolute Gasteiger partial charge is 0.270 e. The molecule has 8 heteroatoms. The third kappa shape index (κ3) is 3.85. The maximum atomic E-state index is 14.9. The first kappa shape index (κ1) is 20.7. The molecule has 7 nitrogen and oxygen atoms in total. The monoisotopic (exact) mass is 454 g/mol. The molecule has 0 radical (unpaired) electrons. The Hall–Kier alpha value is -3.94. The molecular formula is C26H23FN6O. The molecule has 3 heterocycles. The highest BCUT2D eigenvalue weighted by Gasteiger charge is 2.36. The molecule has 0 aliphatic heterocycles. The normalized spacial score (nSPS) is 19.4. The van der Waals surface area contributed by atoms with E-state index in [1.807, 2.05) is 12.3 Å². The summed E-state index contributed by atoms with van der Waals surface area (Å²) in [5.41, 5.74) is 2.67. The van der Waals surface area contributed by atoms with E-state index < -0.39 is 0 Å². The average molecular weight is 455 g/mol. The van der Waals surface area contributed by atoms with Gasteiger partial charge in [-0.15, -0.1) is 10.2 Å². The Balaban J connectivity index is 1.27. The summed E-state index contributed by atoms with van der Waals surface area (Å²) in [5.74, 6) is 1.30. The summed E-state index contributed by atoms with van der Waals surface area (Å²) >= 11 is 0. The highest BCUT2D eigenvalue weighted by atomic mass is 19.1. The molecule has 170 valence electrons. The summed E-state index contributed by atoms with van der Waals surface area (Å²) < 4.78 is 16.6. The Labute approximate surface area is 196 Å². The van der Waals surface area contributed by atoms with Gasteiger partial charge in [-0.05, 0) is 67.5 Å². The minimum atomic E-state index is -0.348. The van der Waals surface area contributed by atoms with E-state index in [9.17, 15) is 9.18 Å². The Kier molecular flexibility index (Phi) is 5.13. The number of hydrogen-bond acceptors (Lipinski definition) is 5. The lowest BCUT2D eigenvalue weighted by atomic mass is 9.79. The van der Waals surface area contributed by atoms with Crippen LogP contribution in [-0.4, -0.2) is 36.7 Å². The van der Waals surface area contributed by atoms with Crippen LogP contribution in [0.2, 0.25) is 0 Å². The number of benzene rings is 1. The van der Waals surface area contributed by atoms with E-state index in [4.69, 9.17) is 0 Å². The van der Waals surface area contributed by atoms with Gasteiger partial charge in [0.1, 0.15) is 23.0 Å². The quantitative estimate of drug-likeness (QED) is 0.466. The average Bonchev–Trinajstić information content (AvgIpc) is 3.61. The maximum Gasteiger partial charge on any atom is 0.270 e. The number of amides is 1. The van der Waals surface area contributed by atoms with Crippen molar-refractivity contribution in [1.29, 1.82) is 0 Å². The van der Waals surface area contributed by atoms with E-state index in [1.165, 1.54) is 24.5 Å². The lowest BCUT2D eigenvalue weighted by molar-refractivity contribution is 0.0902. The number of nitrogens with one attached hydrogen (secondary N) is 1. The highest BCUT2D eigenvalue weighted by Crippen LogP contribution is 2.41. The molecule has 2 aliphatic carbocycles. The fourth-order valence-electron chi connectivity index (χ4n) is 4.50. The van der Waals surface area contributed by atoms with Crippen LogP contribution >= 0.6 is 0 Å². The predicted octanol–water partition coefficient (Wildman–Crippen LogP) is 4.42. The second kappa shape index (κ2) is 8.44. The van der Waals surface area contributed by atoms with Crippen molar-refractivity contribution in [2.75, 3.05) is 0 Å². The van der Waals surface area contributed by atoms with Crippen LogP contribution in [-0.2, 0) is 0 Å². The van der Waals surface area contributed by atoms with Gasteiger partial charge in [0.05, 0.1) is 5.69 Å². The van der Waals surface area contributed by atoms with Crippen LogP contribution in [0, 0.1) is 5.82 Å². The second-order valence-corrected chi connectivity index (χ2v) is 8.97. The number of rotatable bonds is 6. The van der Waals surface area contributed by atoms with Crippen molar-refractivity contribution in [3.05, 3.63) is 89.9 Å². The van der Waals surface area contributed by atoms with Gasteiger partial charge in [0.15, 0.2) is 5.82 Å². The number of para-hydroxylation sites is 1. The van der Waals surface area contributed by atoms with Gasteiger partial charge in [-0.25, -0.2) is 4.39 Å². The van der Waals surface area contributed by atoms with E-state index in [0.717, 1.165) is 0 Å². The van der Waals surface area contributed by atoms with Crippen LogP contribution in [0.1, 0.15) is 59.4 Å². The van der Waals surface area contributed by atoms with Crippen molar-refractivity contribution in [3.63, 3.8) is 0 Å². The van der Waals surface area contributed by atoms with Crippen LogP contribution in [0.25, 0.3) is 17.2 Å². The van der Waals surface area contributed by atoms with Gasteiger partial charge in [-0.3, -0.25) is 19.3 Å². The molecule has 6 rings (SSSR count). The van der Waals surface area contributed by atoms with Crippen molar-refractivity contribution in [2.24, 2.45) is 0 Å². The largest absolute Gasteiger partial charge is 0.348 e. The minimum absolute atomic E-state index is 0.00433. The number of pyridine rings is 2. The Morgan fingerprint density at radius 1 is 0.941 bits per heavy atom. The molecule has 0 unspecified atom stereocenters. The third-order valence-corrected chi connectivity index (χ3v) is 6.58. The van der Waals surface area contributed by atoms with Gasteiger partial charge < -0.3 is 5.32 Å². The Morgan fingerprint density at radius 3 is 2.47 bits per heavy atom. The van der Waals surface area contributed by atoms with Gasteiger partial charge in [-0.2, -0.15) is 0 Å². The SMILES string of the molecule is O=C(NC1CC(c2nnc(-c3ccc(C4CC4)cn3)n2-c2ccccc2F)C1)c1ccccn1. The zero-order chi connectivity index (χ0) is 23.1. The zero-order valence-electron chi connectivity index (χ0n) is 18.4. The molecule has 3 aromatic heterocycles. The van der Waals surface area contributed by atoms with Crippen LogP contribution < -0.4 is 5.32 Å². The minimum Gasteiger partial charge on any atom is -0.348 e. The topological polar surface area (TPSA) is 85.6 Å². The molecule has 1 N–H and O–H groups in total. The lowest BCUT2D eigenvalue weighted by Crippen LogP contribution is -2.44. The molecule has 0 spiro atoms. The third-order valence-electron chi connectivity index (χ3n) is 6.58. The zero-order valence-corrected chi connectivity index (χ0v) is 18.4. The predicted molar refractivity (Wildman–Crippen MR) is 124 cm³/mol. The molecule has 2 fully saturated rings. The number of carbonyl (C=O) groups excluding carboxylic acids is 1. The number of nitrogens with zero attached hydrogens (tertiary/aromatic N) is 5. The van der Waals surface area contributed by atoms with Crippen LogP contribution in [0.3, 0.4) is 0 Å². The van der Waals surface area contributed by atoms with Gasteiger partial charge >= 0.3 is 0 Å². The van der Waals surface area contributed by atoms with Gasteiger partial charge in [0.2, 0.25) is 0 Å². The molecule has 2 aliphatic rings. The summed E-state index contributed by atoms with van der Waals surface area (Å²) in [6.07, 6.45) is 7.28. The first-order valence-corrected chi connectivity index (χ1v) is 11.6. The Bertz CT molecular complexity index is 1330. The number of halogens is 1. The summed E-state index contributed by atoms with van der Waals surface area (Å²) in [7, 11) is 0. The summed E-state index contributed by atoms with van der Waals surface area (Å²) in [6, 6.07) is 15.9. The van der Waals surface area contributed by atoms with Crippen LogP contribution in [0.5, 0.6) is 0 Å². The van der Waals surface area contributed by atoms with Crippen molar-refractivity contribution < 1.29 is 9.18 Å². The fourth-order valence-corrected chi connectivity index (χ4v) is 4.50. The standard InChI is InChI=1S/C26H23FN6O/c27-20-5-1-2-7-23(20)33-24(18-13-19(14-18)30-26(34)22-6-3-4-12-28-22)31-32-25(33)21-11-10-17(15-29-21)16-8-9-16/h1-7,10-12,15-16,18-19H,8-9,13-14H2,(H,30,34). The molecule has 2 saturated carbocycles. The Morgan fingerprint density at radius 2 is 1.76 bits per heavy atom. The maximum absolute atomic E-state index is 14.9. The summed E-state index contributed by atoms with van der Waals surface area (Å²) in [5, 5.41) is 11.9. The van der Waals surface area contributed by atoms with Gasteiger partial charge in [0.25, 0.3) is 5.91 Å². The van der Waals surface area contributed by atoms with Gasteiger partial charge in [-0.1, -0.05) is 24.3 Å². The van der Waals surface area contributed by atoms with Crippen molar-refractivity contribution >= 4 is 5.91 Å². The molecular weight excluding hydrogens is 431 g/mol. The molecule has 1 amide bonds. The van der Waals surface area contributed by atoms with Crippen molar-refractivity contribution in [1.82, 2.24) is 30.0 Å². The van der Waals surface area contributed by atoms with Crippen LogP contribution in [0.15, 0.2) is 67.0 Å². The van der Waals surface area contributed by atoms with E-state index >= 15 is 0 Å². The molecule has 0 saturated heterocycles. The second-order valence-electron chi connectivity index (χ2n) is 8.97. The highest BCUT2D eigenvalue weighted by molar-refractivity contribution is 5.92. The molecule has 0 atom stereocenters. The van der Waals surface area contributed by atoms with E-state index in [2.05, 4.69) is 31.5 Å². The molecule has 4 aromatic rings. The molecule has 34 heavy (non-hydrogen) atoms. The number of hydrogen-bond donors (Lipinski definition) is 1. The molecule has 1 aromatic carbocycles.